The summed E-state index contributed by atoms with van der Waals surface area (Å²) in [5.41, 5.74) is 2.13. The first-order valence-electron chi connectivity index (χ1n) is 12.1. The molecule has 0 N–H and O–H groups in total. The second-order valence-corrected chi connectivity index (χ2v) is 9.30. The second-order valence-electron chi connectivity index (χ2n) is 9.30. The van der Waals surface area contributed by atoms with Gasteiger partial charge in [-0.05, 0) is 55.5 Å². The number of nitrogens with zero attached hydrogens (tertiary/aromatic N) is 4. The third-order valence-electron chi connectivity index (χ3n) is 7.13. The van der Waals surface area contributed by atoms with Crippen LogP contribution in [0.1, 0.15) is 80.3 Å². The van der Waals surface area contributed by atoms with Gasteiger partial charge >= 0.3 is 0 Å². The molecule has 0 atom stereocenters. The summed E-state index contributed by atoms with van der Waals surface area (Å²) in [6.45, 7) is 0.452. The first-order chi connectivity index (χ1) is 15.7. The van der Waals surface area contributed by atoms with Crippen molar-refractivity contribution in [1.29, 1.82) is 0 Å². The van der Waals surface area contributed by atoms with Crippen LogP contribution < -0.4 is 0 Å². The fourth-order valence-corrected chi connectivity index (χ4v) is 5.51. The number of hydrogen-bond acceptors (Lipinski definition) is 3. The van der Waals surface area contributed by atoms with E-state index in [2.05, 4.69) is 9.88 Å². The molecule has 1 aromatic carbocycles. The Morgan fingerprint density at radius 2 is 1.56 bits per heavy atom. The highest BCUT2D eigenvalue weighted by molar-refractivity contribution is 6.04. The SMILES string of the molecule is O=C(c1nn(Cc2ccc(F)cc2)c2ncccc12)N(C1CCCCC1)C1CCCCC1. The summed E-state index contributed by atoms with van der Waals surface area (Å²) in [5.74, 6) is -0.205. The monoisotopic (exact) mass is 434 g/mol. The number of halogens is 1. The third kappa shape index (κ3) is 4.27. The van der Waals surface area contributed by atoms with E-state index >= 15 is 0 Å². The lowest BCUT2D eigenvalue weighted by atomic mass is 9.88. The lowest BCUT2D eigenvalue weighted by Crippen LogP contribution is -2.49. The van der Waals surface area contributed by atoms with Crippen molar-refractivity contribution in [2.45, 2.75) is 82.8 Å². The van der Waals surface area contributed by atoms with Gasteiger partial charge in [0.25, 0.3) is 5.91 Å². The van der Waals surface area contributed by atoms with E-state index in [1.165, 1.54) is 50.7 Å². The maximum atomic E-state index is 14.0. The number of benzene rings is 1. The Labute approximate surface area is 188 Å². The molecule has 0 aliphatic heterocycles. The van der Waals surface area contributed by atoms with Gasteiger partial charge in [-0.2, -0.15) is 5.10 Å². The van der Waals surface area contributed by atoms with Gasteiger partial charge < -0.3 is 4.90 Å². The van der Waals surface area contributed by atoms with Crippen molar-refractivity contribution in [3.8, 4) is 0 Å². The number of rotatable bonds is 5. The zero-order valence-electron chi connectivity index (χ0n) is 18.5. The first-order valence-corrected chi connectivity index (χ1v) is 12.1. The molecule has 3 aromatic rings. The topological polar surface area (TPSA) is 51.0 Å². The van der Waals surface area contributed by atoms with Gasteiger partial charge in [0.05, 0.1) is 11.9 Å². The Kier molecular flexibility index (Phi) is 6.19. The van der Waals surface area contributed by atoms with Crippen LogP contribution in [0.3, 0.4) is 0 Å². The smallest absolute Gasteiger partial charge is 0.275 e. The van der Waals surface area contributed by atoms with E-state index < -0.39 is 0 Å². The number of fused-ring (bicyclic) bond motifs is 1. The molecule has 0 unspecified atom stereocenters. The lowest BCUT2D eigenvalue weighted by molar-refractivity contribution is 0.0443. The molecule has 1 amide bonds. The molecule has 6 heteroatoms. The predicted octanol–water partition coefficient (Wildman–Crippen LogP) is 5.73. The minimum Gasteiger partial charge on any atom is -0.331 e. The molecule has 5 rings (SSSR count). The summed E-state index contributed by atoms with van der Waals surface area (Å²) in [6, 6.07) is 10.9. The maximum absolute atomic E-state index is 14.0. The maximum Gasteiger partial charge on any atom is 0.275 e. The molecule has 2 fully saturated rings. The highest BCUT2D eigenvalue weighted by Crippen LogP contribution is 2.32. The normalized spacial score (nSPS) is 18.2. The van der Waals surface area contributed by atoms with Gasteiger partial charge in [-0.15, -0.1) is 0 Å². The molecule has 0 bridgehead atoms. The number of carbonyl (C=O) groups is 1. The van der Waals surface area contributed by atoms with Crippen LogP contribution in [-0.2, 0) is 6.54 Å². The molecule has 2 aliphatic rings. The molecule has 2 heterocycles. The van der Waals surface area contributed by atoms with Crippen LogP contribution in [0.2, 0.25) is 0 Å². The Morgan fingerprint density at radius 3 is 2.19 bits per heavy atom. The number of carbonyl (C=O) groups excluding carboxylic acids is 1. The fourth-order valence-electron chi connectivity index (χ4n) is 5.51. The van der Waals surface area contributed by atoms with E-state index in [0.29, 0.717) is 30.0 Å². The molecule has 0 radical (unpaired) electrons. The largest absolute Gasteiger partial charge is 0.331 e. The van der Waals surface area contributed by atoms with Gasteiger partial charge in [0.15, 0.2) is 11.3 Å². The average Bonchev–Trinajstić information content (AvgIpc) is 3.20. The van der Waals surface area contributed by atoms with Crippen molar-refractivity contribution in [1.82, 2.24) is 19.7 Å². The van der Waals surface area contributed by atoms with Crippen LogP contribution in [0.4, 0.5) is 4.39 Å². The van der Waals surface area contributed by atoms with Crippen LogP contribution >= 0.6 is 0 Å². The van der Waals surface area contributed by atoms with Gasteiger partial charge in [0.2, 0.25) is 0 Å². The van der Waals surface area contributed by atoms with Crippen molar-refractivity contribution in [3.05, 3.63) is 59.7 Å². The highest BCUT2D eigenvalue weighted by Gasteiger charge is 2.35. The molecular formula is C26H31FN4O. The molecular weight excluding hydrogens is 403 g/mol. The van der Waals surface area contributed by atoms with E-state index in [1.54, 1.807) is 23.0 Å². The molecule has 168 valence electrons. The van der Waals surface area contributed by atoms with Crippen molar-refractivity contribution < 1.29 is 9.18 Å². The molecule has 32 heavy (non-hydrogen) atoms. The van der Waals surface area contributed by atoms with Crippen molar-refractivity contribution in [2.24, 2.45) is 0 Å². The zero-order chi connectivity index (χ0) is 21.9. The minimum absolute atomic E-state index is 0.0552. The van der Waals surface area contributed by atoms with Gasteiger partial charge in [-0.25, -0.2) is 14.1 Å². The molecule has 2 aliphatic carbocycles. The summed E-state index contributed by atoms with van der Waals surface area (Å²) in [6.07, 6.45) is 13.4. The van der Waals surface area contributed by atoms with E-state index in [1.807, 2.05) is 12.1 Å². The summed E-state index contributed by atoms with van der Waals surface area (Å²) < 4.78 is 15.1. The summed E-state index contributed by atoms with van der Waals surface area (Å²) in [5, 5.41) is 5.59. The van der Waals surface area contributed by atoms with Crippen LogP contribution in [0.25, 0.3) is 11.0 Å². The van der Waals surface area contributed by atoms with E-state index in [4.69, 9.17) is 5.10 Å². The fraction of sp³-hybridized carbons (Fsp3) is 0.500. The zero-order valence-corrected chi connectivity index (χ0v) is 18.5. The van der Waals surface area contributed by atoms with Crippen molar-refractivity contribution >= 4 is 16.9 Å². The number of pyridine rings is 1. The van der Waals surface area contributed by atoms with Crippen LogP contribution in [0.5, 0.6) is 0 Å². The number of hydrogen-bond donors (Lipinski definition) is 0. The summed E-state index contributed by atoms with van der Waals surface area (Å²) >= 11 is 0. The van der Waals surface area contributed by atoms with Crippen molar-refractivity contribution in [2.75, 3.05) is 0 Å². The van der Waals surface area contributed by atoms with E-state index in [0.717, 1.165) is 36.6 Å². The highest BCUT2D eigenvalue weighted by atomic mass is 19.1. The van der Waals surface area contributed by atoms with Crippen LogP contribution in [-0.4, -0.2) is 37.7 Å². The summed E-state index contributed by atoms with van der Waals surface area (Å²) in [7, 11) is 0. The average molecular weight is 435 g/mol. The van der Waals surface area contributed by atoms with Crippen LogP contribution in [0, 0.1) is 5.82 Å². The molecule has 5 nitrogen and oxygen atoms in total. The van der Waals surface area contributed by atoms with Gasteiger partial charge in [0.1, 0.15) is 5.82 Å². The van der Waals surface area contributed by atoms with Gasteiger partial charge in [0, 0.05) is 18.3 Å². The van der Waals surface area contributed by atoms with Gasteiger partial charge in [-0.1, -0.05) is 50.7 Å². The predicted molar refractivity (Wildman–Crippen MR) is 123 cm³/mol. The molecule has 2 saturated carbocycles. The third-order valence-corrected chi connectivity index (χ3v) is 7.13. The Hall–Kier alpha value is -2.76. The second kappa shape index (κ2) is 9.39. The molecule has 0 spiro atoms. The first kappa shape index (κ1) is 21.1. The Morgan fingerprint density at radius 1 is 0.938 bits per heavy atom. The summed E-state index contributed by atoms with van der Waals surface area (Å²) in [4.78, 5) is 20.8. The van der Waals surface area contributed by atoms with E-state index in [9.17, 15) is 9.18 Å². The lowest BCUT2D eigenvalue weighted by Gasteiger charge is -2.41. The number of aromatic nitrogens is 3. The van der Waals surface area contributed by atoms with Crippen LogP contribution in [0.15, 0.2) is 42.6 Å². The quantitative estimate of drug-likeness (QED) is 0.516. The Bertz CT molecular complexity index is 1050. The number of amides is 1. The molecule has 0 saturated heterocycles. The van der Waals surface area contributed by atoms with Crippen molar-refractivity contribution in [3.63, 3.8) is 0 Å². The molecule has 2 aromatic heterocycles. The van der Waals surface area contributed by atoms with Gasteiger partial charge in [-0.3, -0.25) is 4.79 Å². The minimum atomic E-state index is -0.260. The standard InChI is InChI=1S/C26H31FN4O/c27-20-15-13-19(14-16-20)18-30-25-23(12-7-17-28-25)24(29-30)26(32)31(21-8-3-1-4-9-21)22-10-5-2-6-11-22/h7,12-17,21-22H,1-6,8-11,18H2. The Balaban J connectivity index is 1.51. The van der Waals surface area contributed by atoms with E-state index in [-0.39, 0.29) is 11.7 Å².